The van der Waals surface area contributed by atoms with Gasteiger partial charge in [-0.15, -0.1) is 0 Å². The molecule has 7 aromatic rings. The molecule has 0 aliphatic rings. The van der Waals surface area contributed by atoms with E-state index in [1.165, 1.54) is 11.6 Å². The Bertz CT molecular complexity index is 2820. The van der Waals surface area contributed by atoms with Crippen molar-refractivity contribution in [3.05, 3.63) is 202 Å². The minimum absolute atomic E-state index is 0.169. The SMILES string of the molecule is FC(F)(F)c1cc([B-](c2cc(C(F)(F)F)cc(C(F)(F)F)c2)(c2cc(C(F)(F)F)cc(C(F)(F)F)c2)c2cc(C(F)(F)F)cc(C(F)(F)F)c2)cc(C(F)(F)F)c1.Fc1ccccc1Oc1c[n+](Cc2ccccc2)ccn1. The molecule has 0 N–H and O–H groups in total. The van der Waals surface area contributed by atoms with E-state index < -0.39 is 201 Å². The van der Waals surface area contributed by atoms with E-state index in [1.54, 1.807) is 30.6 Å². The van der Waals surface area contributed by atoms with Crippen molar-refractivity contribution in [3.63, 3.8) is 0 Å². The molecule has 78 heavy (non-hydrogen) atoms. The Kier molecular flexibility index (Phi) is 16.1. The summed E-state index contributed by atoms with van der Waals surface area (Å²) in [5.41, 5.74) is -29.0. The summed E-state index contributed by atoms with van der Waals surface area (Å²) in [5, 5.41) is 0. The van der Waals surface area contributed by atoms with E-state index >= 15 is 0 Å². The largest absolute Gasteiger partial charge is 0.431 e. The fourth-order valence-corrected chi connectivity index (χ4v) is 8.07. The maximum atomic E-state index is 14.2. The zero-order chi connectivity index (χ0) is 58.4. The lowest BCUT2D eigenvalue weighted by molar-refractivity contribution is -0.689. The van der Waals surface area contributed by atoms with Crippen molar-refractivity contribution in [1.82, 2.24) is 4.98 Å². The molecule has 0 atom stereocenters. The van der Waals surface area contributed by atoms with Gasteiger partial charge in [-0.05, 0) is 36.4 Å². The van der Waals surface area contributed by atoms with Crippen molar-refractivity contribution in [1.29, 1.82) is 0 Å². The molecular weight excluding hydrogens is 1120 g/mol. The number of benzene rings is 6. The van der Waals surface area contributed by atoms with Crippen molar-refractivity contribution in [2.75, 3.05) is 0 Å². The van der Waals surface area contributed by atoms with E-state index in [0.29, 0.717) is 12.4 Å². The number of hydrogen-bond donors (Lipinski definition) is 0. The number of alkyl halides is 24. The van der Waals surface area contributed by atoms with Crippen molar-refractivity contribution in [2.45, 2.75) is 56.0 Å². The van der Waals surface area contributed by atoms with Gasteiger partial charge in [-0.25, -0.2) is 9.37 Å². The summed E-state index contributed by atoms with van der Waals surface area (Å²) in [6.45, 7) is 0.705. The Labute approximate surface area is 421 Å². The highest BCUT2D eigenvalue weighted by Gasteiger charge is 2.47. The molecule has 0 aliphatic carbocycles. The predicted octanol–water partition coefficient (Wildman–Crippen LogP) is 14.6. The van der Waals surface area contributed by atoms with Crippen LogP contribution in [0.4, 0.5) is 110 Å². The molecule has 0 bridgehead atoms. The molecule has 1 heterocycles. The highest BCUT2D eigenvalue weighted by atomic mass is 19.4. The number of nitrogens with zero attached hydrogens (tertiary/aromatic N) is 2. The highest BCUT2D eigenvalue weighted by molar-refractivity contribution is 7.20. The first-order valence-electron chi connectivity index (χ1n) is 21.2. The molecule has 3 nitrogen and oxygen atoms in total. The summed E-state index contributed by atoms with van der Waals surface area (Å²) in [5.74, 6) is 0.124. The van der Waals surface area contributed by atoms with Gasteiger partial charge in [-0.2, -0.15) is 132 Å². The molecule has 0 unspecified atom stereocenters. The van der Waals surface area contributed by atoms with Gasteiger partial charge in [0.2, 0.25) is 6.20 Å². The van der Waals surface area contributed by atoms with Gasteiger partial charge in [-0.3, -0.25) is 0 Å². The number of halogens is 25. The third-order valence-electron chi connectivity index (χ3n) is 11.4. The second-order valence-electron chi connectivity index (χ2n) is 16.8. The van der Waals surface area contributed by atoms with Gasteiger partial charge in [0.25, 0.3) is 5.88 Å². The van der Waals surface area contributed by atoms with Crippen molar-refractivity contribution in [2.24, 2.45) is 0 Å². The molecule has 416 valence electrons. The predicted molar refractivity (Wildman–Crippen MR) is 227 cm³/mol. The molecule has 0 spiro atoms. The van der Waals surface area contributed by atoms with Crippen LogP contribution in [0.25, 0.3) is 0 Å². The number of hydrogen-bond acceptors (Lipinski definition) is 2. The normalized spacial score (nSPS) is 13.2. The topological polar surface area (TPSA) is 26.0 Å². The zero-order valence-electron chi connectivity index (χ0n) is 37.9. The molecular formula is C49H26BF25N2O. The fraction of sp³-hybridized carbons (Fsp3) is 0.184. The van der Waals surface area contributed by atoms with Gasteiger partial charge >= 0.3 is 49.4 Å². The van der Waals surface area contributed by atoms with Crippen LogP contribution in [-0.2, 0) is 56.0 Å². The maximum absolute atomic E-state index is 14.2. The molecule has 29 heteroatoms. The zero-order valence-corrected chi connectivity index (χ0v) is 37.9. The number of para-hydroxylation sites is 1. The molecule has 1 aromatic heterocycles. The summed E-state index contributed by atoms with van der Waals surface area (Å²) in [4.78, 5) is 4.11. The molecule has 7 rings (SSSR count). The molecule has 0 amide bonds. The summed E-state index contributed by atoms with van der Waals surface area (Å²) >= 11 is 0. The van der Waals surface area contributed by atoms with Crippen molar-refractivity contribution < 1.29 is 119 Å². The standard InChI is InChI=1S/C32H12BF24.C17H14FN2O/c34-25(35,36)13-1-14(26(37,38)39)6-21(5-13)33(22-7-15(27(40,41)42)2-16(8-22)28(43,44)45,23-9-17(29(46,47)48)3-18(10-23)30(49,50)51)24-11-19(31(52,53)54)4-20(12-24)32(55,56)57;18-15-8-4-5-9-16(15)21-17-13-20(11-10-19-17)12-14-6-2-1-3-7-14/h1-12H;1-11,13H,12H2/q-1;+1. The van der Waals surface area contributed by atoms with Crippen LogP contribution in [0, 0.1) is 5.82 Å². The second-order valence-corrected chi connectivity index (χ2v) is 16.8. The van der Waals surface area contributed by atoms with Gasteiger partial charge in [-0.1, -0.05) is 91.0 Å². The van der Waals surface area contributed by atoms with E-state index in [0.717, 1.165) is 0 Å². The van der Waals surface area contributed by atoms with E-state index in [4.69, 9.17) is 4.74 Å². The van der Waals surface area contributed by atoms with Crippen molar-refractivity contribution >= 4 is 28.0 Å². The second kappa shape index (κ2) is 21.0. The summed E-state index contributed by atoms with van der Waals surface area (Å²) in [7, 11) is 0. The first kappa shape index (κ1) is 59.8. The van der Waals surface area contributed by atoms with Gasteiger partial charge in [0, 0.05) is 5.56 Å². The monoisotopic (exact) mass is 1140 g/mol. The Hall–Kier alpha value is -7.49. The van der Waals surface area contributed by atoms with Crippen LogP contribution < -0.4 is 31.2 Å². The molecule has 0 saturated carbocycles. The first-order chi connectivity index (χ1) is 35.6. The maximum Gasteiger partial charge on any atom is 0.416 e. The van der Waals surface area contributed by atoms with Gasteiger partial charge in [0.1, 0.15) is 6.15 Å². The number of ether oxygens (including phenoxy) is 1. The highest BCUT2D eigenvalue weighted by Crippen LogP contribution is 2.41. The van der Waals surface area contributed by atoms with E-state index in [2.05, 4.69) is 4.98 Å². The first-order valence-corrected chi connectivity index (χ1v) is 21.2. The quantitative estimate of drug-likeness (QED) is 0.0861. The van der Waals surface area contributed by atoms with Crippen LogP contribution in [0.2, 0.25) is 0 Å². The molecule has 0 aliphatic heterocycles. The van der Waals surface area contributed by atoms with Gasteiger partial charge in [0.15, 0.2) is 24.3 Å². The smallest absolute Gasteiger partial charge is 0.416 e. The third-order valence-corrected chi connectivity index (χ3v) is 11.4. The molecule has 0 fully saturated rings. The fourth-order valence-electron chi connectivity index (χ4n) is 8.07. The van der Waals surface area contributed by atoms with Crippen LogP contribution in [0.15, 0.2) is 146 Å². The van der Waals surface area contributed by atoms with Crippen LogP contribution in [0.3, 0.4) is 0 Å². The third kappa shape index (κ3) is 14.0. The summed E-state index contributed by atoms with van der Waals surface area (Å²) < 4.78 is 362. The van der Waals surface area contributed by atoms with Crippen LogP contribution in [0.1, 0.15) is 50.1 Å². The Morgan fingerprint density at radius 3 is 0.936 bits per heavy atom. The van der Waals surface area contributed by atoms with Gasteiger partial charge in [0.05, 0.1) is 50.7 Å². The average Bonchev–Trinajstić information content (AvgIpc) is 3.32. The summed E-state index contributed by atoms with van der Waals surface area (Å²) in [6, 6.07) is 7.53. The van der Waals surface area contributed by atoms with Crippen LogP contribution in [-0.4, -0.2) is 11.1 Å². The number of rotatable bonds is 8. The van der Waals surface area contributed by atoms with Gasteiger partial charge < -0.3 is 4.74 Å². The molecule has 0 saturated heterocycles. The van der Waals surface area contributed by atoms with E-state index in [1.807, 2.05) is 41.1 Å². The Balaban J connectivity index is 0.000000387. The van der Waals surface area contributed by atoms with Crippen LogP contribution >= 0.6 is 0 Å². The average molecular weight is 1140 g/mol. The van der Waals surface area contributed by atoms with E-state index in [9.17, 15) is 110 Å². The van der Waals surface area contributed by atoms with Crippen LogP contribution in [0.5, 0.6) is 11.6 Å². The summed E-state index contributed by atoms with van der Waals surface area (Å²) in [6.07, 6.45) is -49.6. The van der Waals surface area contributed by atoms with E-state index in [-0.39, 0.29) is 5.75 Å². The molecule has 0 radical (unpaired) electrons. The molecule has 6 aromatic carbocycles. The Morgan fingerprint density at radius 2 is 0.654 bits per heavy atom. The lowest BCUT2D eigenvalue weighted by atomic mass is 9.12. The minimum Gasteiger partial charge on any atom is -0.431 e. The van der Waals surface area contributed by atoms with Crippen molar-refractivity contribution in [3.8, 4) is 11.6 Å². The Morgan fingerprint density at radius 1 is 0.372 bits per heavy atom. The minimum atomic E-state index is -6.13. The number of aromatic nitrogens is 2. The lowest BCUT2D eigenvalue weighted by Gasteiger charge is -2.46. The lowest BCUT2D eigenvalue weighted by Crippen LogP contribution is -2.75.